The maximum Gasteiger partial charge on any atom is 0.212 e. The van der Waals surface area contributed by atoms with Gasteiger partial charge in [-0.1, -0.05) is 0 Å². The third-order valence-corrected chi connectivity index (χ3v) is 2.58. The molecule has 0 radical (unpaired) electrons. The van der Waals surface area contributed by atoms with Crippen LogP contribution in [-0.2, 0) is 0 Å². The van der Waals surface area contributed by atoms with Gasteiger partial charge in [-0.2, -0.15) is 4.39 Å². The zero-order valence-corrected chi connectivity index (χ0v) is 8.28. The molecule has 4 heteroatoms. The molecule has 0 aromatic carbocycles. The molecule has 3 nitrogen and oxygen atoms in total. The van der Waals surface area contributed by atoms with Crippen LogP contribution in [0.1, 0.15) is 0 Å². The van der Waals surface area contributed by atoms with Crippen LogP contribution >= 0.6 is 0 Å². The first-order chi connectivity index (χ1) is 6.75. The topological polar surface area (TPSA) is 19.4 Å². The number of halogens is 1. The molecule has 14 heavy (non-hydrogen) atoms. The number of hydrogen-bond donors (Lipinski definition) is 0. The molecule has 0 spiro atoms. The molecule has 2 heterocycles. The van der Waals surface area contributed by atoms with E-state index in [0.29, 0.717) is 0 Å². The summed E-state index contributed by atoms with van der Waals surface area (Å²) in [6.07, 6.45) is 1.60. The van der Waals surface area contributed by atoms with Gasteiger partial charge in [0.25, 0.3) is 0 Å². The fraction of sp³-hybridized carbons (Fsp3) is 0.500. The van der Waals surface area contributed by atoms with Crippen LogP contribution < -0.4 is 4.90 Å². The van der Waals surface area contributed by atoms with E-state index in [1.165, 1.54) is 6.07 Å². The smallest absolute Gasteiger partial charge is 0.212 e. The fourth-order valence-corrected chi connectivity index (χ4v) is 1.62. The molecule has 1 fully saturated rings. The molecule has 1 aliphatic heterocycles. The second kappa shape index (κ2) is 3.92. The van der Waals surface area contributed by atoms with Crippen LogP contribution in [0.5, 0.6) is 0 Å². The first-order valence-electron chi connectivity index (χ1n) is 4.81. The number of rotatable bonds is 1. The van der Waals surface area contributed by atoms with E-state index in [0.717, 1.165) is 31.9 Å². The standard InChI is InChI=1S/C10H14FN3/c1-13-4-6-14(7-5-13)9-2-3-10(11)12-8-9/h2-3,8H,4-7H2,1H3. The Morgan fingerprint density at radius 3 is 2.50 bits per heavy atom. The Balaban J connectivity index is 2.05. The van der Waals surface area contributed by atoms with E-state index in [2.05, 4.69) is 21.8 Å². The quantitative estimate of drug-likeness (QED) is 0.622. The van der Waals surface area contributed by atoms with Gasteiger partial charge in [0.05, 0.1) is 11.9 Å². The molecule has 0 amide bonds. The third-order valence-electron chi connectivity index (χ3n) is 2.58. The second-order valence-electron chi connectivity index (χ2n) is 3.63. The summed E-state index contributed by atoms with van der Waals surface area (Å²) in [5, 5.41) is 0. The molecule has 76 valence electrons. The normalized spacial score (nSPS) is 18.6. The van der Waals surface area contributed by atoms with Gasteiger partial charge in [-0.05, 0) is 19.2 Å². The van der Waals surface area contributed by atoms with Gasteiger partial charge in [0.2, 0.25) is 5.95 Å². The predicted octanol–water partition coefficient (Wildman–Crippen LogP) is 0.973. The Kier molecular flexibility index (Phi) is 2.63. The van der Waals surface area contributed by atoms with Gasteiger partial charge < -0.3 is 9.80 Å². The maximum atomic E-state index is 12.6. The lowest BCUT2D eigenvalue weighted by molar-refractivity contribution is 0.312. The van der Waals surface area contributed by atoms with Crippen molar-refractivity contribution >= 4 is 5.69 Å². The van der Waals surface area contributed by atoms with Crippen LogP contribution in [0.25, 0.3) is 0 Å². The van der Waals surface area contributed by atoms with Crippen molar-refractivity contribution in [1.82, 2.24) is 9.88 Å². The van der Waals surface area contributed by atoms with Crippen LogP contribution in [-0.4, -0.2) is 43.1 Å². The monoisotopic (exact) mass is 195 g/mol. The van der Waals surface area contributed by atoms with Crippen molar-refractivity contribution in [2.75, 3.05) is 38.1 Å². The van der Waals surface area contributed by atoms with Gasteiger partial charge in [-0.25, -0.2) is 4.98 Å². The molecule has 1 saturated heterocycles. The molecule has 0 unspecified atom stereocenters. The molecular formula is C10H14FN3. The number of likely N-dealkylation sites (N-methyl/N-ethyl adjacent to an activating group) is 1. The number of anilines is 1. The van der Waals surface area contributed by atoms with E-state index in [1.807, 2.05) is 0 Å². The van der Waals surface area contributed by atoms with E-state index in [1.54, 1.807) is 12.3 Å². The zero-order valence-electron chi connectivity index (χ0n) is 8.28. The minimum atomic E-state index is -0.414. The van der Waals surface area contributed by atoms with E-state index in [4.69, 9.17) is 0 Å². The van der Waals surface area contributed by atoms with Gasteiger partial charge in [-0.15, -0.1) is 0 Å². The van der Waals surface area contributed by atoms with Crippen molar-refractivity contribution in [2.45, 2.75) is 0 Å². The first-order valence-corrected chi connectivity index (χ1v) is 4.81. The summed E-state index contributed by atoms with van der Waals surface area (Å²) >= 11 is 0. The van der Waals surface area contributed by atoms with E-state index in [-0.39, 0.29) is 0 Å². The van der Waals surface area contributed by atoms with Crippen LogP contribution in [0.3, 0.4) is 0 Å². The number of pyridine rings is 1. The lowest BCUT2D eigenvalue weighted by atomic mass is 10.3. The Bertz CT molecular complexity index is 291. The third kappa shape index (κ3) is 2.01. The first kappa shape index (κ1) is 9.40. The number of aromatic nitrogens is 1. The van der Waals surface area contributed by atoms with Crippen molar-refractivity contribution < 1.29 is 4.39 Å². The van der Waals surface area contributed by atoms with Crippen molar-refractivity contribution in [3.05, 3.63) is 24.3 Å². The molecule has 0 saturated carbocycles. The predicted molar refractivity (Wildman–Crippen MR) is 53.9 cm³/mol. The molecular weight excluding hydrogens is 181 g/mol. The van der Waals surface area contributed by atoms with Crippen molar-refractivity contribution in [2.24, 2.45) is 0 Å². The summed E-state index contributed by atoms with van der Waals surface area (Å²) in [5.41, 5.74) is 1.01. The van der Waals surface area contributed by atoms with E-state index in [9.17, 15) is 4.39 Å². The summed E-state index contributed by atoms with van der Waals surface area (Å²) in [5.74, 6) is -0.414. The molecule has 0 bridgehead atoms. The lowest BCUT2D eigenvalue weighted by Crippen LogP contribution is -2.44. The molecule has 1 aromatic heterocycles. The molecule has 0 aliphatic carbocycles. The summed E-state index contributed by atoms with van der Waals surface area (Å²) in [7, 11) is 2.11. The summed E-state index contributed by atoms with van der Waals surface area (Å²) in [6.45, 7) is 4.09. The Morgan fingerprint density at radius 1 is 1.21 bits per heavy atom. The Hall–Kier alpha value is -1.16. The molecule has 2 rings (SSSR count). The van der Waals surface area contributed by atoms with Gasteiger partial charge in [-0.3, -0.25) is 0 Å². The van der Waals surface area contributed by atoms with Crippen LogP contribution in [0.4, 0.5) is 10.1 Å². The summed E-state index contributed by atoms with van der Waals surface area (Å²) in [6, 6.07) is 3.20. The van der Waals surface area contributed by atoms with E-state index >= 15 is 0 Å². The summed E-state index contributed by atoms with van der Waals surface area (Å²) in [4.78, 5) is 8.17. The summed E-state index contributed by atoms with van der Waals surface area (Å²) < 4.78 is 12.6. The minimum absolute atomic E-state index is 0.414. The minimum Gasteiger partial charge on any atom is -0.368 e. The average Bonchev–Trinajstić information content (AvgIpc) is 2.21. The highest BCUT2D eigenvalue weighted by atomic mass is 19.1. The maximum absolute atomic E-state index is 12.6. The average molecular weight is 195 g/mol. The van der Waals surface area contributed by atoms with Gasteiger partial charge in [0, 0.05) is 26.2 Å². The Morgan fingerprint density at radius 2 is 1.93 bits per heavy atom. The zero-order chi connectivity index (χ0) is 9.97. The number of piperazine rings is 1. The molecule has 1 aromatic rings. The highest BCUT2D eigenvalue weighted by molar-refractivity contribution is 5.44. The molecule has 0 N–H and O–H groups in total. The second-order valence-corrected chi connectivity index (χ2v) is 3.63. The number of nitrogens with zero attached hydrogens (tertiary/aromatic N) is 3. The largest absolute Gasteiger partial charge is 0.368 e. The SMILES string of the molecule is CN1CCN(c2ccc(F)nc2)CC1. The van der Waals surface area contributed by atoms with Crippen LogP contribution in [0, 0.1) is 5.95 Å². The Labute approximate surface area is 83.2 Å². The van der Waals surface area contributed by atoms with E-state index < -0.39 is 5.95 Å². The van der Waals surface area contributed by atoms with Crippen molar-refractivity contribution in [3.8, 4) is 0 Å². The van der Waals surface area contributed by atoms with Gasteiger partial charge in [0.1, 0.15) is 0 Å². The van der Waals surface area contributed by atoms with Crippen LogP contribution in [0.15, 0.2) is 18.3 Å². The molecule has 1 aliphatic rings. The van der Waals surface area contributed by atoms with Gasteiger partial charge in [0.15, 0.2) is 0 Å². The van der Waals surface area contributed by atoms with Crippen molar-refractivity contribution in [1.29, 1.82) is 0 Å². The lowest BCUT2D eigenvalue weighted by Gasteiger charge is -2.33. The highest BCUT2D eigenvalue weighted by Gasteiger charge is 2.14. The highest BCUT2D eigenvalue weighted by Crippen LogP contribution is 2.14. The van der Waals surface area contributed by atoms with Crippen molar-refractivity contribution in [3.63, 3.8) is 0 Å². The fourth-order valence-electron chi connectivity index (χ4n) is 1.62. The number of hydrogen-bond acceptors (Lipinski definition) is 3. The van der Waals surface area contributed by atoms with Crippen LogP contribution in [0.2, 0.25) is 0 Å². The molecule has 0 atom stereocenters. The van der Waals surface area contributed by atoms with Gasteiger partial charge >= 0.3 is 0 Å².